The Morgan fingerprint density at radius 2 is 1.96 bits per heavy atom. The van der Waals surface area contributed by atoms with Crippen molar-refractivity contribution in [1.82, 2.24) is 0 Å². The predicted octanol–water partition coefficient (Wildman–Crippen LogP) is 2.53. The van der Waals surface area contributed by atoms with Gasteiger partial charge in [-0.3, -0.25) is 9.59 Å². The summed E-state index contributed by atoms with van der Waals surface area (Å²) in [4.78, 5) is 23.3. The molecule has 2 aromatic carbocycles. The molecule has 2 rings (SSSR count). The van der Waals surface area contributed by atoms with Gasteiger partial charge in [-0.15, -0.1) is 11.8 Å². The Labute approximate surface area is 138 Å². The van der Waals surface area contributed by atoms with Gasteiger partial charge in [0.15, 0.2) is 0 Å². The van der Waals surface area contributed by atoms with Crippen LogP contribution in [0, 0.1) is 11.3 Å². The van der Waals surface area contributed by atoms with Crippen LogP contribution in [0.2, 0.25) is 0 Å². The molecular formula is C17H15N3O2S. The average molecular weight is 325 g/mol. The summed E-state index contributed by atoms with van der Waals surface area (Å²) in [6, 6.07) is 16.0. The van der Waals surface area contributed by atoms with Crippen LogP contribution in [0.1, 0.15) is 21.5 Å². The molecule has 0 spiro atoms. The maximum Gasteiger partial charge on any atom is 0.250 e. The van der Waals surface area contributed by atoms with Crippen LogP contribution < -0.4 is 11.1 Å². The summed E-state index contributed by atoms with van der Waals surface area (Å²) in [5, 5.41) is 11.5. The number of thioether (sulfide) groups is 1. The second-order valence-electron chi connectivity index (χ2n) is 4.76. The van der Waals surface area contributed by atoms with Crippen molar-refractivity contribution in [3.63, 3.8) is 0 Å². The summed E-state index contributed by atoms with van der Waals surface area (Å²) in [6.07, 6.45) is 0. The molecule has 2 amide bonds. The molecule has 0 fully saturated rings. The van der Waals surface area contributed by atoms with Crippen molar-refractivity contribution in [2.45, 2.75) is 5.75 Å². The van der Waals surface area contributed by atoms with E-state index in [2.05, 4.69) is 11.4 Å². The van der Waals surface area contributed by atoms with Gasteiger partial charge in [0.05, 0.1) is 28.6 Å². The number of hydrogen-bond donors (Lipinski definition) is 2. The maximum absolute atomic E-state index is 12.0. The minimum absolute atomic E-state index is 0.208. The smallest absolute Gasteiger partial charge is 0.250 e. The summed E-state index contributed by atoms with van der Waals surface area (Å²) >= 11 is 1.43. The fourth-order valence-electron chi connectivity index (χ4n) is 1.99. The number of nitrogens with two attached hydrogens (primary N) is 1. The van der Waals surface area contributed by atoms with E-state index in [-0.39, 0.29) is 17.2 Å². The third-order valence-electron chi connectivity index (χ3n) is 3.02. The maximum atomic E-state index is 12.0. The zero-order valence-corrected chi connectivity index (χ0v) is 13.1. The van der Waals surface area contributed by atoms with E-state index in [1.165, 1.54) is 11.8 Å². The zero-order chi connectivity index (χ0) is 16.7. The molecule has 0 unspecified atom stereocenters. The van der Waals surface area contributed by atoms with Crippen LogP contribution in [0.5, 0.6) is 0 Å². The molecule has 116 valence electrons. The molecule has 0 bridgehead atoms. The number of nitrogens with one attached hydrogen (secondary N) is 1. The first-order chi connectivity index (χ1) is 11.1. The molecule has 23 heavy (non-hydrogen) atoms. The second kappa shape index (κ2) is 8.01. The number of hydrogen-bond acceptors (Lipinski definition) is 4. The van der Waals surface area contributed by atoms with Gasteiger partial charge in [-0.05, 0) is 29.8 Å². The molecule has 5 nitrogen and oxygen atoms in total. The number of carbonyl (C=O) groups excluding carboxylic acids is 2. The number of anilines is 1. The van der Waals surface area contributed by atoms with E-state index in [4.69, 9.17) is 11.0 Å². The number of nitrogens with zero attached hydrogens (tertiary/aromatic N) is 1. The van der Waals surface area contributed by atoms with E-state index >= 15 is 0 Å². The fourth-order valence-corrected chi connectivity index (χ4v) is 2.76. The number of nitriles is 1. The monoisotopic (exact) mass is 325 g/mol. The number of rotatable bonds is 6. The highest BCUT2D eigenvalue weighted by atomic mass is 32.2. The Morgan fingerprint density at radius 1 is 1.17 bits per heavy atom. The molecule has 0 heterocycles. The van der Waals surface area contributed by atoms with Gasteiger partial charge in [0, 0.05) is 5.75 Å². The van der Waals surface area contributed by atoms with Crippen LogP contribution in [0.15, 0.2) is 48.5 Å². The van der Waals surface area contributed by atoms with Crippen LogP contribution in [0.3, 0.4) is 0 Å². The van der Waals surface area contributed by atoms with Crippen LogP contribution in [0.25, 0.3) is 0 Å². The van der Waals surface area contributed by atoms with E-state index in [9.17, 15) is 9.59 Å². The van der Waals surface area contributed by atoms with Crippen LogP contribution in [-0.4, -0.2) is 17.6 Å². The molecule has 2 aromatic rings. The quantitative estimate of drug-likeness (QED) is 0.853. The molecule has 0 atom stereocenters. The van der Waals surface area contributed by atoms with E-state index in [0.717, 1.165) is 5.56 Å². The van der Waals surface area contributed by atoms with Gasteiger partial charge in [-0.25, -0.2) is 0 Å². The molecule has 0 aliphatic carbocycles. The third-order valence-corrected chi connectivity index (χ3v) is 4.03. The molecule has 3 N–H and O–H groups in total. The summed E-state index contributed by atoms with van der Waals surface area (Å²) in [5.41, 5.74) is 7.56. The first-order valence-electron chi connectivity index (χ1n) is 6.85. The fraction of sp³-hybridized carbons (Fsp3) is 0.118. The predicted molar refractivity (Wildman–Crippen MR) is 90.9 cm³/mol. The van der Waals surface area contributed by atoms with Gasteiger partial charge >= 0.3 is 0 Å². The molecule has 0 saturated heterocycles. The summed E-state index contributed by atoms with van der Waals surface area (Å²) < 4.78 is 0. The highest BCUT2D eigenvalue weighted by Crippen LogP contribution is 2.17. The van der Waals surface area contributed by atoms with E-state index in [1.807, 2.05) is 12.1 Å². The lowest BCUT2D eigenvalue weighted by atomic mass is 10.1. The summed E-state index contributed by atoms with van der Waals surface area (Å²) in [7, 11) is 0. The zero-order valence-electron chi connectivity index (χ0n) is 12.3. The van der Waals surface area contributed by atoms with Gasteiger partial charge in [0.1, 0.15) is 0 Å². The third kappa shape index (κ3) is 4.87. The topological polar surface area (TPSA) is 96.0 Å². The number of carbonyl (C=O) groups is 2. The van der Waals surface area contributed by atoms with E-state index in [1.54, 1.807) is 36.4 Å². The summed E-state index contributed by atoms with van der Waals surface area (Å²) in [5.74, 6) is 0.0756. The minimum atomic E-state index is -0.582. The van der Waals surface area contributed by atoms with Crippen LogP contribution in [0.4, 0.5) is 5.69 Å². The van der Waals surface area contributed by atoms with Crippen molar-refractivity contribution in [2.24, 2.45) is 5.73 Å². The Hall–Kier alpha value is -2.78. The highest BCUT2D eigenvalue weighted by molar-refractivity contribution is 7.99. The van der Waals surface area contributed by atoms with Gasteiger partial charge in [0.2, 0.25) is 5.91 Å². The molecule has 0 aliphatic rings. The average Bonchev–Trinajstić information content (AvgIpc) is 2.55. The number of benzene rings is 2. The molecule has 6 heteroatoms. The second-order valence-corrected chi connectivity index (χ2v) is 5.75. The van der Waals surface area contributed by atoms with Crippen molar-refractivity contribution < 1.29 is 9.59 Å². The number of para-hydroxylation sites is 1. The van der Waals surface area contributed by atoms with Crippen molar-refractivity contribution in [1.29, 1.82) is 5.26 Å². The Bertz CT molecular complexity index is 768. The van der Waals surface area contributed by atoms with E-state index in [0.29, 0.717) is 17.0 Å². The van der Waals surface area contributed by atoms with Crippen molar-refractivity contribution in [3.05, 3.63) is 65.2 Å². The first kappa shape index (κ1) is 16.6. The Balaban J connectivity index is 1.88. The summed E-state index contributed by atoms with van der Waals surface area (Å²) in [6.45, 7) is 0. The Morgan fingerprint density at radius 3 is 2.70 bits per heavy atom. The minimum Gasteiger partial charge on any atom is -0.366 e. The lowest BCUT2D eigenvalue weighted by Crippen LogP contribution is -2.19. The van der Waals surface area contributed by atoms with Crippen molar-refractivity contribution >= 4 is 29.3 Å². The van der Waals surface area contributed by atoms with Crippen LogP contribution >= 0.6 is 11.8 Å². The molecule has 0 aromatic heterocycles. The lowest BCUT2D eigenvalue weighted by molar-refractivity contribution is -0.113. The SMILES string of the molecule is N#Cc1cccc(CSCC(=O)Nc2ccccc2C(N)=O)c1. The van der Waals surface area contributed by atoms with Gasteiger partial charge in [-0.1, -0.05) is 24.3 Å². The first-order valence-corrected chi connectivity index (χ1v) is 8.01. The normalized spacial score (nSPS) is 9.87. The van der Waals surface area contributed by atoms with Gasteiger partial charge in [0.25, 0.3) is 5.91 Å². The molecule has 0 aliphatic heterocycles. The standard InChI is InChI=1S/C17H15N3O2S/c18-9-12-4-3-5-13(8-12)10-23-11-16(21)20-15-7-2-1-6-14(15)17(19)22/h1-8H,10-11H2,(H2,19,22)(H,20,21). The van der Waals surface area contributed by atoms with Crippen LogP contribution in [-0.2, 0) is 10.5 Å². The lowest BCUT2D eigenvalue weighted by Gasteiger charge is -2.08. The molecule has 0 radical (unpaired) electrons. The van der Waals surface area contributed by atoms with Gasteiger partial charge in [-0.2, -0.15) is 5.26 Å². The van der Waals surface area contributed by atoms with Crippen molar-refractivity contribution in [2.75, 3.05) is 11.1 Å². The molecule has 0 saturated carbocycles. The number of amides is 2. The highest BCUT2D eigenvalue weighted by Gasteiger charge is 2.10. The van der Waals surface area contributed by atoms with E-state index < -0.39 is 5.91 Å². The van der Waals surface area contributed by atoms with Crippen molar-refractivity contribution in [3.8, 4) is 6.07 Å². The largest absolute Gasteiger partial charge is 0.366 e. The molecular weight excluding hydrogens is 310 g/mol. The Kier molecular flexibility index (Phi) is 5.78. The number of primary amides is 1. The van der Waals surface area contributed by atoms with Gasteiger partial charge < -0.3 is 11.1 Å².